The highest BCUT2D eigenvalue weighted by molar-refractivity contribution is 7.47. The summed E-state index contributed by atoms with van der Waals surface area (Å²) in [7, 11) is -9.82. The van der Waals surface area contributed by atoms with Crippen LogP contribution in [0.1, 0.15) is 393 Å². The number of phosphoric acid groups is 2. The molecule has 5 unspecified atom stereocenters. The molecule has 4 N–H and O–H groups in total. The van der Waals surface area contributed by atoms with Crippen LogP contribution < -0.4 is 0 Å². The number of allylic oxidation sites excluding steroid dienone is 26. The summed E-state index contributed by atoms with van der Waals surface area (Å²) in [4.78, 5) is 59.0. The highest BCUT2D eigenvalue weighted by atomic mass is 31.2. The van der Waals surface area contributed by atoms with Gasteiger partial charge in [0.05, 0.1) is 26.4 Å². The van der Waals surface area contributed by atoms with Crippen molar-refractivity contribution in [3.63, 3.8) is 0 Å². The lowest BCUT2D eigenvalue weighted by Gasteiger charge is -2.21. The van der Waals surface area contributed by atoms with Gasteiger partial charge < -0.3 is 34.2 Å². The van der Waals surface area contributed by atoms with E-state index in [9.17, 15) is 43.5 Å². The average molecular weight is 1680 g/mol. The Hall–Kier alpha value is -4.83. The third-order valence-corrected chi connectivity index (χ3v) is 21.6. The van der Waals surface area contributed by atoms with Gasteiger partial charge in [-0.15, -0.1) is 0 Å². The maximum atomic E-state index is 13.1. The number of phosphoric ester groups is 2. The van der Waals surface area contributed by atoms with Gasteiger partial charge in [0.2, 0.25) is 0 Å². The standard InChI is InChI=1S/C99H170O16P2/c1-4-7-10-13-16-19-22-25-28-31-34-37-39-41-42-43-44-45-46-47-48-49-50-52-54-56-58-61-64-67-70-73-76-79-82-85-97(102)109-88-94(100)89-111-116(105,106)112-90-95(101)91-113-117(107,108)114-93-96(115-99(104)87-84-81-78-75-72-69-66-63-60-55-36-33-30-27-24-21-18-15-12-9-6-3)92-110-98(103)86-83-80-77-74-71-68-65-62-59-57-53-51-40-38-35-32-29-26-23-20-17-14-11-8-5-2/h8,11,16-21,25-30,34-38,41-42,51,53,55,63,66,94-96,100-101H,4-7,9-10,12-15,22-24,31-33,39-40,43-50,52,54,56-62,64-65,67-93H2,1-3H3,(H,105,106)(H,107,108)/b11-8-,19-16-,20-17-,21-18-,28-25-,29-26-,30-27-,37-34-,38-35-,42-41-,53-51-,55-36-,66-63-. The summed E-state index contributed by atoms with van der Waals surface area (Å²) < 4.78 is 61.5. The van der Waals surface area contributed by atoms with E-state index >= 15 is 0 Å². The first-order valence-electron chi connectivity index (χ1n) is 46.8. The molecule has 0 aromatic rings. The van der Waals surface area contributed by atoms with Gasteiger partial charge >= 0.3 is 33.6 Å². The lowest BCUT2D eigenvalue weighted by atomic mass is 10.0. The molecule has 5 atom stereocenters. The van der Waals surface area contributed by atoms with Crippen LogP contribution in [0.4, 0.5) is 0 Å². The Kier molecular flexibility index (Phi) is 86.7. The van der Waals surface area contributed by atoms with Gasteiger partial charge in [0, 0.05) is 19.3 Å². The second-order valence-electron chi connectivity index (χ2n) is 31.1. The number of hydrogen-bond donors (Lipinski definition) is 4. The quantitative estimate of drug-likeness (QED) is 0.0146. The van der Waals surface area contributed by atoms with Gasteiger partial charge in [-0.3, -0.25) is 32.5 Å². The van der Waals surface area contributed by atoms with E-state index < -0.39 is 91.5 Å². The number of carbonyl (C=O) groups is 3. The third-order valence-electron chi connectivity index (χ3n) is 19.7. The molecule has 0 fully saturated rings. The summed E-state index contributed by atoms with van der Waals surface area (Å²) in [5, 5.41) is 20.7. The zero-order valence-electron chi connectivity index (χ0n) is 74.1. The summed E-state index contributed by atoms with van der Waals surface area (Å²) in [6.45, 7) is 2.53. The zero-order chi connectivity index (χ0) is 85.1. The highest BCUT2D eigenvalue weighted by Crippen LogP contribution is 2.45. The Morgan fingerprint density at radius 1 is 0.248 bits per heavy atom. The number of rotatable bonds is 88. The van der Waals surface area contributed by atoms with Crippen molar-refractivity contribution in [3.05, 3.63) is 158 Å². The van der Waals surface area contributed by atoms with Crippen molar-refractivity contribution in [2.75, 3.05) is 39.6 Å². The molecule has 0 saturated heterocycles. The summed E-state index contributed by atoms with van der Waals surface area (Å²) in [5.74, 6) is -1.59. The van der Waals surface area contributed by atoms with Crippen LogP contribution in [-0.4, -0.2) is 95.9 Å². The minimum atomic E-state index is -4.95. The molecule has 0 radical (unpaired) electrons. The van der Waals surface area contributed by atoms with E-state index in [1.165, 1.54) is 173 Å². The first-order valence-corrected chi connectivity index (χ1v) is 49.8. The molecule has 18 heteroatoms. The van der Waals surface area contributed by atoms with E-state index in [2.05, 4.69) is 179 Å². The lowest BCUT2D eigenvalue weighted by Crippen LogP contribution is -2.30. The fraction of sp³-hybridized carbons (Fsp3) is 0.707. The van der Waals surface area contributed by atoms with Crippen molar-refractivity contribution >= 4 is 33.6 Å². The molecule has 0 aromatic carbocycles. The molecule has 16 nitrogen and oxygen atoms in total. The van der Waals surface area contributed by atoms with Crippen molar-refractivity contribution in [1.82, 2.24) is 0 Å². The van der Waals surface area contributed by atoms with Crippen LogP contribution in [0.2, 0.25) is 0 Å². The Labute approximate surface area is 714 Å². The first kappa shape index (κ1) is 112. The number of aliphatic hydroxyl groups is 2. The number of carbonyl (C=O) groups excluding carboxylic acids is 3. The number of unbranched alkanes of at least 4 members (excludes halogenated alkanes) is 39. The topological polar surface area (TPSA) is 231 Å². The van der Waals surface area contributed by atoms with E-state index in [1.807, 2.05) is 0 Å². The highest BCUT2D eigenvalue weighted by Gasteiger charge is 2.29. The second kappa shape index (κ2) is 90.4. The monoisotopic (exact) mass is 1680 g/mol. The van der Waals surface area contributed by atoms with E-state index in [0.717, 1.165) is 161 Å². The maximum Gasteiger partial charge on any atom is 0.472 e. The number of hydrogen-bond acceptors (Lipinski definition) is 14. The summed E-state index contributed by atoms with van der Waals surface area (Å²) in [6, 6.07) is 0. The smallest absolute Gasteiger partial charge is 0.463 e. The van der Waals surface area contributed by atoms with Crippen LogP contribution in [0.3, 0.4) is 0 Å². The van der Waals surface area contributed by atoms with E-state index in [-0.39, 0.29) is 19.3 Å². The maximum absolute atomic E-state index is 13.1. The van der Waals surface area contributed by atoms with Gasteiger partial charge in [0.1, 0.15) is 25.4 Å². The normalized spacial score (nSPS) is 14.5. The Morgan fingerprint density at radius 3 is 0.718 bits per heavy atom. The molecule has 0 rings (SSSR count). The predicted octanol–water partition coefficient (Wildman–Crippen LogP) is 28.9. The first-order chi connectivity index (χ1) is 57.2. The fourth-order valence-corrected chi connectivity index (χ4v) is 14.2. The number of esters is 3. The zero-order valence-corrected chi connectivity index (χ0v) is 75.9. The molecule has 0 aliphatic rings. The van der Waals surface area contributed by atoms with E-state index in [1.54, 1.807) is 0 Å². The Morgan fingerprint density at radius 2 is 0.453 bits per heavy atom. The van der Waals surface area contributed by atoms with Crippen molar-refractivity contribution in [3.8, 4) is 0 Å². The molecule has 0 heterocycles. The van der Waals surface area contributed by atoms with Crippen LogP contribution >= 0.6 is 15.6 Å². The van der Waals surface area contributed by atoms with Crippen LogP contribution in [0.5, 0.6) is 0 Å². The van der Waals surface area contributed by atoms with Crippen LogP contribution in [0.15, 0.2) is 158 Å². The van der Waals surface area contributed by atoms with Crippen LogP contribution in [0, 0.1) is 0 Å². The van der Waals surface area contributed by atoms with Gasteiger partial charge in [-0.05, 0) is 154 Å². The molecule has 0 saturated carbocycles. The second-order valence-corrected chi connectivity index (χ2v) is 34.0. The average Bonchev–Trinajstić information content (AvgIpc) is 0.901. The van der Waals surface area contributed by atoms with Crippen molar-refractivity contribution < 1.29 is 75.8 Å². The predicted molar refractivity (Wildman–Crippen MR) is 491 cm³/mol. The lowest BCUT2D eigenvalue weighted by molar-refractivity contribution is -0.161. The van der Waals surface area contributed by atoms with Crippen molar-refractivity contribution in [1.29, 1.82) is 0 Å². The van der Waals surface area contributed by atoms with Gasteiger partial charge in [0.15, 0.2) is 6.10 Å². The minimum absolute atomic E-state index is 0.0783. The largest absolute Gasteiger partial charge is 0.472 e. The molecular formula is C99H170O16P2. The molecular weight excluding hydrogens is 1510 g/mol. The molecule has 0 bridgehead atoms. The third kappa shape index (κ3) is 91.7. The number of aliphatic hydroxyl groups excluding tert-OH is 2. The summed E-state index contributed by atoms with van der Waals surface area (Å²) in [5.41, 5.74) is 0. The van der Waals surface area contributed by atoms with E-state index in [0.29, 0.717) is 19.3 Å². The van der Waals surface area contributed by atoms with Crippen molar-refractivity contribution in [2.24, 2.45) is 0 Å². The van der Waals surface area contributed by atoms with Gasteiger partial charge in [0.25, 0.3) is 0 Å². The minimum Gasteiger partial charge on any atom is -0.463 e. The van der Waals surface area contributed by atoms with Gasteiger partial charge in [-0.1, -0.05) is 378 Å². The summed E-state index contributed by atoms with van der Waals surface area (Å²) in [6.07, 6.45) is 116. The Balaban J connectivity index is 4.54. The Bertz CT molecular complexity index is 2760. The van der Waals surface area contributed by atoms with Crippen LogP contribution in [0.25, 0.3) is 0 Å². The molecule has 117 heavy (non-hydrogen) atoms. The molecule has 0 aromatic heterocycles. The summed E-state index contributed by atoms with van der Waals surface area (Å²) >= 11 is 0. The van der Waals surface area contributed by atoms with Crippen LogP contribution in [-0.2, 0) is 55.8 Å². The molecule has 0 aliphatic carbocycles. The molecule has 672 valence electrons. The molecule has 0 aliphatic heterocycles. The van der Waals surface area contributed by atoms with Crippen molar-refractivity contribution in [2.45, 2.75) is 411 Å². The van der Waals surface area contributed by atoms with Gasteiger partial charge in [-0.2, -0.15) is 0 Å². The molecule has 0 spiro atoms. The van der Waals surface area contributed by atoms with E-state index in [4.69, 9.17) is 32.3 Å². The van der Waals surface area contributed by atoms with Gasteiger partial charge in [-0.25, -0.2) is 9.13 Å². The fourth-order valence-electron chi connectivity index (χ4n) is 12.6. The number of ether oxygens (including phenoxy) is 3. The molecule has 0 amide bonds. The SMILES string of the molecule is CC/C=C\C/C=C\C/C=C\C/C=C\C/C=C\CCCCCCCCCCCC(=O)OCC(COP(=O)(O)OCC(O)COP(=O)(O)OCC(O)COC(=O)CCCCCCCCCCCCCCCCCCCCC/C=C\C/C=C\C/C=C\C/C=C\CCCCC)OC(=O)CCCCCCC/C=C\C/C=C\C/C=C\C/C=C\CCCCC.